The Labute approximate surface area is 318 Å². The molecule has 22 nitrogen and oxygen atoms in total. The number of amides is 3. The van der Waals surface area contributed by atoms with Crippen LogP contribution in [0, 0.1) is 0 Å². The van der Waals surface area contributed by atoms with Crippen LogP contribution in [0.5, 0.6) is 0 Å². The number of hydrogen-bond donors (Lipinski definition) is 9. The number of carbonyl (C=O) groups is 6. The fourth-order valence-electron chi connectivity index (χ4n) is 5.15. The average molecular weight is 804 g/mol. The molecule has 23 heteroatoms. The maximum atomic E-state index is 13.5. The van der Waals surface area contributed by atoms with Gasteiger partial charge in [-0.1, -0.05) is 0 Å². The molecule has 5 unspecified atom stereocenters. The molecule has 11 N–H and O–H groups in total. The van der Waals surface area contributed by atoms with E-state index in [1.807, 2.05) is 0 Å². The molecular weight excluding hydrogens is 749 g/mol. The summed E-state index contributed by atoms with van der Waals surface area (Å²) in [5.74, 6) is -7.31. The first kappa shape index (κ1) is 46.6. The quantitative estimate of drug-likeness (QED) is 0.0289. The molecule has 5 atom stereocenters. The number of carbonyl (C=O) groups excluding carboxylic acids is 5. The number of aromatic nitrogens is 2. The summed E-state index contributed by atoms with van der Waals surface area (Å²) in [6.45, 7) is -0.115. The highest BCUT2D eigenvalue weighted by atomic mass is 31.2. The number of unbranched alkanes of at least 4 members (excludes halogenated alkanes) is 2. The van der Waals surface area contributed by atoms with Gasteiger partial charge in [0, 0.05) is 24.7 Å². The number of imidazole rings is 1. The Kier molecular flexibility index (Phi) is 19.2. The summed E-state index contributed by atoms with van der Waals surface area (Å²) < 4.78 is 30.8. The topological polar surface area (TPSA) is 331 Å². The first-order valence-corrected chi connectivity index (χ1v) is 19.1. The van der Waals surface area contributed by atoms with E-state index in [0.717, 1.165) is 0 Å². The van der Waals surface area contributed by atoms with Gasteiger partial charge in [-0.25, -0.2) is 28.5 Å². The Balaban J connectivity index is 2.04. The predicted octanol–water partition coefficient (Wildman–Crippen LogP) is -1.62. The van der Waals surface area contributed by atoms with E-state index >= 15 is 0 Å². The normalized spacial score (nSPS) is 16.6. The van der Waals surface area contributed by atoms with Crippen molar-refractivity contribution in [3.8, 4) is 0 Å². The molecule has 1 aliphatic rings. The van der Waals surface area contributed by atoms with E-state index in [-0.39, 0.29) is 19.3 Å². The number of carboxylic acids is 1. The van der Waals surface area contributed by atoms with Gasteiger partial charge in [-0.2, -0.15) is 0 Å². The SMILES string of the molecule is CN(C)P(=O)(OC1=C(O)C(C(O)COC(=O)CCC(=O)NC(CCCCN)C(=O)NC(Cc2cnc[nH]2)C(=O)NC(CCCCN)C(=O)O)OC1=O)N(C)C. The van der Waals surface area contributed by atoms with E-state index < -0.39 is 105 Å². The molecule has 0 spiro atoms. The van der Waals surface area contributed by atoms with Gasteiger partial charge in [-0.15, -0.1) is 0 Å². The predicted molar refractivity (Wildman–Crippen MR) is 193 cm³/mol. The van der Waals surface area contributed by atoms with Crippen LogP contribution in [0.25, 0.3) is 0 Å². The Bertz CT molecular complexity index is 1530. The van der Waals surface area contributed by atoms with Crippen molar-refractivity contribution in [2.24, 2.45) is 11.5 Å². The van der Waals surface area contributed by atoms with Crippen LogP contribution in [-0.2, 0) is 53.8 Å². The number of aliphatic carboxylic acids is 1. The molecule has 0 aliphatic carbocycles. The zero-order valence-electron chi connectivity index (χ0n) is 31.4. The Hall–Kier alpha value is -4.60. The van der Waals surface area contributed by atoms with Gasteiger partial charge in [0.05, 0.1) is 12.7 Å². The Morgan fingerprint density at radius 1 is 0.945 bits per heavy atom. The third-order valence-corrected chi connectivity index (χ3v) is 10.7. The first-order chi connectivity index (χ1) is 25.9. The molecule has 0 fully saturated rings. The lowest BCUT2D eigenvalue weighted by Gasteiger charge is -2.29. The van der Waals surface area contributed by atoms with Crippen LogP contribution in [0.2, 0.25) is 0 Å². The number of esters is 2. The van der Waals surface area contributed by atoms with Gasteiger partial charge < -0.3 is 61.7 Å². The number of ether oxygens (including phenoxy) is 2. The van der Waals surface area contributed by atoms with E-state index in [4.69, 9.17) is 25.5 Å². The van der Waals surface area contributed by atoms with Crippen molar-refractivity contribution in [1.82, 2.24) is 35.3 Å². The molecule has 3 amide bonds. The minimum absolute atomic E-state index is 0.0806. The number of rotatable bonds is 26. The standard InChI is InChI=1S/C32H54N9O13P/c1-40(2)55(51,41(3)4)54-28-26(45)27(53-32(28)50)23(42)17-52-25(44)12-11-24(43)37-20(9-5-7-13-33)29(46)39-22(15-19-16-35-18-36-19)30(47)38-21(31(48)49)10-6-8-14-34/h16,18,20-23,27,42,45H,5-15,17,33-34H2,1-4H3,(H,35,36)(H,37,43)(H,38,47)(H,39,46)(H,48,49). The number of carboxylic acid groups (broad SMARTS) is 1. The molecule has 1 aromatic rings. The van der Waals surface area contributed by atoms with Gasteiger partial charge in [0.25, 0.3) is 5.76 Å². The summed E-state index contributed by atoms with van der Waals surface area (Å²) in [5.41, 5.74) is 11.6. The zero-order chi connectivity index (χ0) is 41.3. The number of aliphatic hydroxyl groups excluding tert-OH is 2. The molecule has 0 aromatic carbocycles. The molecule has 0 saturated carbocycles. The Morgan fingerprint density at radius 3 is 2.07 bits per heavy atom. The molecule has 1 aliphatic heterocycles. The van der Waals surface area contributed by atoms with Crippen molar-refractivity contribution < 1.29 is 62.6 Å². The van der Waals surface area contributed by atoms with Crippen LogP contribution >= 0.6 is 7.67 Å². The Morgan fingerprint density at radius 2 is 1.53 bits per heavy atom. The number of cyclic esters (lactones) is 1. The number of aliphatic hydroxyl groups is 2. The summed E-state index contributed by atoms with van der Waals surface area (Å²) in [6, 6.07) is -3.67. The van der Waals surface area contributed by atoms with Crippen LogP contribution in [0.4, 0.5) is 0 Å². The molecular formula is C32H54N9O13P. The van der Waals surface area contributed by atoms with Crippen molar-refractivity contribution in [3.63, 3.8) is 0 Å². The summed E-state index contributed by atoms with van der Waals surface area (Å²) in [4.78, 5) is 83.1. The lowest BCUT2D eigenvalue weighted by atomic mass is 10.0. The highest BCUT2D eigenvalue weighted by Gasteiger charge is 2.45. The summed E-state index contributed by atoms with van der Waals surface area (Å²) in [7, 11) is 1.92. The molecule has 0 radical (unpaired) electrons. The minimum atomic E-state index is -3.79. The maximum absolute atomic E-state index is 13.5. The summed E-state index contributed by atoms with van der Waals surface area (Å²) >= 11 is 0. The largest absolute Gasteiger partial charge is 0.505 e. The maximum Gasteiger partial charge on any atom is 0.395 e. The number of H-pyrrole nitrogens is 1. The van der Waals surface area contributed by atoms with E-state index in [1.54, 1.807) is 0 Å². The smallest absolute Gasteiger partial charge is 0.395 e. The lowest BCUT2D eigenvalue weighted by Crippen LogP contribution is -2.56. The van der Waals surface area contributed by atoms with Gasteiger partial charge >= 0.3 is 25.6 Å². The van der Waals surface area contributed by atoms with Gasteiger partial charge in [0.2, 0.25) is 17.7 Å². The zero-order valence-corrected chi connectivity index (χ0v) is 32.3. The van der Waals surface area contributed by atoms with Crippen molar-refractivity contribution in [1.29, 1.82) is 0 Å². The number of aromatic amines is 1. The van der Waals surface area contributed by atoms with Crippen LogP contribution in [-0.4, -0.2) is 148 Å². The molecule has 2 rings (SSSR count). The number of nitrogens with two attached hydrogens (primary N) is 2. The second-order valence-electron chi connectivity index (χ2n) is 13.0. The van der Waals surface area contributed by atoms with Gasteiger partial charge in [-0.3, -0.25) is 19.2 Å². The second kappa shape index (κ2) is 22.7. The molecule has 310 valence electrons. The number of nitrogens with one attached hydrogen (secondary N) is 4. The number of hydrogen-bond acceptors (Lipinski definition) is 15. The average Bonchev–Trinajstić information content (AvgIpc) is 3.75. The monoisotopic (exact) mass is 803 g/mol. The van der Waals surface area contributed by atoms with Gasteiger partial charge in [0.1, 0.15) is 30.8 Å². The van der Waals surface area contributed by atoms with Gasteiger partial charge in [-0.05, 0) is 79.8 Å². The second-order valence-corrected chi connectivity index (χ2v) is 15.8. The minimum Gasteiger partial charge on any atom is -0.505 e. The van der Waals surface area contributed by atoms with Crippen LogP contribution in [0.15, 0.2) is 24.0 Å². The fourth-order valence-corrected chi connectivity index (χ4v) is 6.59. The highest BCUT2D eigenvalue weighted by molar-refractivity contribution is 7.54. The van der Waals surface area contributed by atoms with E-state index in [2.05, 4.69) is 25.9 Å². The first-order valence-electron chi connectivity index (χ1n) is 17.6. The van der Waals surface area contributed by atoms with Gasteiger partial charge in [0.15, 0.2) is 11.9 Å². The van der Waals surface area contributed by atoms with Crippen LogP contribution in [0.3, 0.4) is 0 Å². The van der Waals surface area contributed by atoms with E-state index in [1.165, 1.54) is 50.1 Å². The van der Waals surface area contributed by atoms with Crippen molar-refractivity contribution in [2.75, 3.05) is 47.9 Å². The van der Waals surface area contributed by atoms with Crippen molar-refractivity contribution >= 4 is 43.3 Å². The lowest BCUT2D eigenvalue weighted by molar-refractivity contribution is -0.155. The highest BCUT2D eigenvalue weighted by Crippen LogP contribution is 2.53. The summed E-state index contributed by atoms with van der Waals surface area (Å²) in [6.07, 6.45) is 0.446. The summed E-state index contributed by atoms with van der Waals surface area (Å²) in [5, 5.41) is 38.2. The van der Waals surface area contributed by atoms with Crippen LogP contribution in [0.1, 0.15) is 57.1 Å². The van der Waals surface area contributed by atoms with E-state index in [0.29, 0.717) is 44.5 Å². The van der Waals surface area contributed by atoms with Crippen molar-refractivity contribution in [3.05, 3.63) is 29.7 Å². The van der Waals surface area contributed by atoms with E-state index in [9.17, 15) is 48.7 Å². The van der Waals surface area contributed by atoms with Crippen molar-refractivity contribution in [2.45, 2.75) is 88.1 Å². The molecule has 0 bridgehead atoms. The fraction of sp³-hybridized carbons (Fsp3) is 0.656. The number of nitrogens with zero attached hydrogens (tertiary/aromatic N) is 3. The molecule has 55 heavy (non-hydrogen) atoms. The third-order valence-electron chi connectivity index (χ3n) is 8.24. The van der Waals surface area contributed by atoms with Crippen LogP contribution < -0.4 is 27.4 Å². The molecule has 0 saturated heterocycles. The third kappa shape index (κ3) is 14.5. The molecule has 1 aromatic heterocycles. The molecule has 2 heterocycles.